The van der Waals surface area contributed by atoms with Crippen LogP contribution in [0.2, 0.25) is 0 Å². The van der Waals surface area contributed by atoms with E-state index in [0.717, 1.165) is 37.7 Å². The number of benzene rings is 1. The molecule has 1 aromatic heterocycles. The molecule has 0 saturated carbocycles. The van der Waals surface area contributed by atoms with E-state index in [1.165, 1.54) is 5.56 Å². The topological polar surface area (TPSA) is 105 Å². The molecule has 4 rings (SSSR count). The predicted molar refractivity (Wildman–Crippen MR) is 88.7 cm³/mol. The van der Waals surface area contributed by atoms with E-state index in [2.05, 4.69) is 19.7 Å². The van der Waals surface area contributed by atoms with Crippen molar-refractivity contribution in [3.63, 3.8) is 0 Å². The summed E-state index contributed by atoms with van der Waals surface area (Å²) in [5.41, 5.74) is 2.13. The van der Waals surface area contributed by atoms with E-state index < -0.39 is 10.0 Å². The molecule has 1 aromatic carbocycles. The van der Waals surface area contributed by atoms with Gasteiger partial charge in [0.1, 0.15) is 0 Å². The summed E-state index contributed by atoms with van der Waals surface area (Å²) in [5.74, 6) is -0.539. The summed E-state index contributed by atoms with van der Waals surface area (Å²) >= 11 is 0. The van der Waals surface area contributed by atoms with Crippen LogP contribution in [-0.2, 0) is 22.9 Å². The first-order valence-corrected chi connectivity index (χ1v) is 9.79. The number of carbonyl (C=O) groups is 1. The van der Waals surface area contributed by atoms with Crippen LogP contribution in [0.5, 0.6) is 0 Å². The maximum absolute atomic E-state index is 12.7. The number of hydrogen-bond donors (Lipinski definition) is 1. The van der Waals surface area contributed by atoms with Gasteiger partial charge in [-0.15, -0.1) is 0 Å². The fourth-order valence-corrected chi connectivity index (χ4v) is 4.42. The lowest BCUT2D eigenvalue weighted by Gasteiger charge is -2.13. The number of carbonyl (C=O) groups excluding carboxylic acids is 1. The second-order valence-corrected chi connectivity index (χ2v) is 8.03. The minimum atomic E-state index is -3.87. The van der Waals surface area contributed by atoms with Gasteiger partial charge in [0.05, 0.1) is 4.90 Å². The molecule has 2 heterocycles. The maximum atomic E-state index is 12.7. The van der Waals surface area contributed by atoms with Gasteiger partial charge in [-0.05, 0) is 65.7 Å². The average molecular weight is 362 g/mol. The number of hydrogen-bond acceptors (Lipinski definition) is 6. The number of aromatic nitrogens is 2. The Labute approximate surface area is 145 Å². The number of nitrogens with zero attached hydrogens (tertiary/aromatic N) is 3. The summed E-state index contributed by atoms with van der Waals surface area (Å²) < 4.78 is 32.2. The Morgan fingerprint density at radius 3 is 2.64 bits per heavy atom. The van der Waals surface area contributed by atoms with E-state index in [0.29, 0.717) is 13.1 Å². The highest BCUT2D eigenvalue weighted by Crippen LogP contribution is 2.26. The molecule has 0 radical (unpaired) electrons. The van der Waals surface area contributed by atoms with Crippen molar-refractivity contribution in [1.82, 2.24) is 15.2 Å². The number of likely N-dealkylation sites (tertiary alicyclic amines) is 1. The summed E-state index contributed by atoms with van der Waals surface area (Å²) in [6.45, 7) is 1.26. The van der Waals surface area contributed by atoms with Gasteiger partial charge in [0.15, 0.2) is 0 Å². The van der Waals surface area contributed by atoms with Crippen molar-refractivity contribution in [2.75, 3.05) is 17.8 Å². The molecule has 0 bridgehead atoms. The molecule has 8 nitrogen and oxygen atoms in total. The van der Waals surface area contributed by atoms with Gasteiger partial charge in [-0.25, -0.2) is 13.0 Å². The normalized spacial score (nSPS) is 16.9. The molecule has 1 fully saturated rings. The van der Waals surface area contributed by atoms with E-state index in [9.17, 15) is 13.2 Å². The molecular weight excluding hydrogens is 344 g/mol. The minimum Gasteiger partial charge on any atom is -0.337 e. The van der Waals surface area contributed by atoms with Gasteiger partial charge in [0.2, 0.25) is 11.5 Å². The Morgan fingerprint density at radius 2 is 1.84 bits per heavy atom. The molecule has 9 heteroatoms. The molecule has 1 aliphatic carbocycles. The number of nitrogens with one attached hydrogen (secondary N) is 1. The van der Waals surface area contributed by atoms with Gasteiger partial charge < -0.3 is 4.90 Å². The molecule has 132 valence electrons. The van der Waals surface area contributed by atoms with Gasteiger partial charge in [-0.2, -0.15) is 0 Å². The third kappa shape index (κ3) is 2.99. The average Bonchev–Trinajstić information content (AvgIpc) is 3.34. The first-order valence-electron chi connectivity index (χ1n) is 8.31. The molecule has 1 saturated heterocycles. The second kappa shape index (κ2) is 6.14. The molecule has 25 heavy (non-hydrogen) atoms. The fraction of sp³-hybridized carbons (Fsp3) is 0.438. The van der Waals surface area contributed by atoms with E-state index in [1.807, 2.05) is 6.07 Å². The third-order valence-corrected chi connectivity index (χ3v) is 6.03. The molecule has 0 spiro atoms. The molecule has 1 N–H and O–H groups in total. The summed E-state index contributed by atoms with van der Waals surface area (Å²) in [5, 5.41) is 7.16. The SMILES string of the molecule is O=C(c1nonc1NS(=O)(=O)c1ccc2c(c1)CCC2)N1CCCC1. The van der Waals surface area contributed by atoms with Crippen LogP contribution in [0.25, 0.3) is 0 Å². The standard InChI is InChI=1S/C16H18N4O4S/c21-16(20-8-1-2-9-20)14-15(18-24-17-14)19-25(22,23)13-7-6-11-4-3-5-12(11)10-13/h6-7,10H,1-5,8-9H2,(H,18,19). The summed E-state index contributed by atoms with van der Waals surface area (Å²) in [7, 11) is -3.87. The lowest BCUT2D eigenvalue weighted by Crippen LogP contribution is -2.29. The number of amides is 1. The van der Waals surface area contributed by atoms with Crippen molar-refractivity contribution < 1.29 is 17.8 Å². The highest BCUT2D eigenvalue weighted by molar-refractivity contribution is 7.92. The molecule has 0 unspecified atom stereocenters. The van der Waals surface area contributed by atoms with Crippen LogP contribution in [0.1, 0.15) is 40.9 Å². The Bertz CT molecular complexity index is 916. The fourth-order valence-electron chi connectivity index (χ4n) is 3.37. The molecule has 2 aliphatic rings. The first-order chi connectivity index (χ1) is 12.0. The van der Waals surface area contributed by atoms with Crippen molar-refractivity contribution in [3.8, 4) is 0 Å². The summed E-state index contributed by atoms with van der Waals surface area (Å²) in [4.78, 5) is 14.2. The van der Waals surface area contributed by atoms with E-state index >= 15 is 0 Å². The van der Waals surface area contributed by atoms with Crippen LogP contribution >= 0.6 is 0 Å². The van der Waals surface area contributed by atoms with Gasteiger partial charge in [-0.3, -0.25) is 9.52 Å². The van der Waals surface area contributed by atoms with Gasteiger partial charge >= 0.3 is 0 Å². The minimum absolute atomic E-state index is 0.105. The Kier molecular flexibility index (Phi) is 3.95. The van der Waals surface area contributed by atoms with Crippen molar-refractivity contribution in [3.05, 3.63) is 35.0 Å². The van der Waals surface area contributed by atoms with Gasteiger partial charge in [0, 0.05) is 13.1 Å². The van der Waals surface area contributed by atoms with E-state index in [1.54, 1.807) is 17.0 Å². The van der Waals surface area contributed by atoms with Crippen LogP contribution < -0.4 is 4.72 Å². The number of sulfonamides is 1. The summed E-state index contributed by atoms with van der Waals surface area (Å²) in [6.07, 6.45) is 4.74. The number of rotatable bonds is 4. The second-order valence-electron chi connectivity index (χ2n) is 6.35. The van der Waals surface area contributed by atoms with Crippen LogP contribution in [-0.4, -0.2) is 42.6 Å². The molecular formula is C16H18N4O4S. The Morgan fingerprint density at radius 1 is 1.08 bits per heavy atom. The lowest BCUT2D eigenvalue weighted by molar-refractivity contribution is 0.0782. The highest BCUT2D eigenvalue weighted by Gasteiger charge is 2.29. The number of anilines is 1. The quantitative estimate of drug-likeness (QED) is 0.885. The smallest absolute Gasteiger partial charge is 0.280 e. The van der Waals surface area contributed by atoms with E-state index in [4.69, 9.17) is 0 Å². The number of aryl methyl sites for hydroxylation is 2. The van der Waals surface area contributed by atoms with E-state index in [-0.39, 0.29) is 22.3 Å². The predicted octanol–water partition coefficient (Wildman–Crippen LogP) is 1.60. The van der Waals surface area contributed by atoms with Crippen molar-refractivity contribution >= 4 is 21.7 Å². The lowest BCUT2D eigenvalue weighted by atomic mass is 10.1. The van der Waals surface area contributed by atoms with Crippen LogP contribution in [0.4, 0.5) is 5.82 Å². The molecule has 2 aromatic rings. The molecule has 0 atom stereocenters. The van der Waals surface area contributed by atoms with Crippen molar-refractivity contribution in [2.45, 2.75) is 37.0 Å². The zero-order chi connectivity index (χ0) is 17.4. The highest BCUT2D eigenvalue weighted by atomic mass is 32.2. The Balaban J connectivity index is 1.59. The first kappa shape index (κ1) is 16.1. The summed E-state index contributed by atoms with van der Waals surface area (Å²) in [6, 6.07) is 5.09. The van der Waals surface area contributed by atoms with Crippen LogP contribution in [0.3, 0.4) is 0 Å². The number of fused-ring (bicyclic) bond motifs is 1. The third-order valence-electron chi connectivity index (χ3n) is 4.70. The maximum Gasteiger partial charge on any atom is 0.280 e. The van der Waals surface area contributed by atoms with Crippen molar-refractivity contribution in [1.29, 1.82) is 0 Å². The van der Waals surface area contributed by atoms with Crippen LogP contribution in [0.15, 0.2) is 27.7 Å². The zero-order valence-electron chi connectivity index (χ0n) is 13.6. The van der Waals surface area contributed by atoms with Crippen LogP contribution in [0, 0.1) is 0 Å². The molecule has 1 aliphatic heterocycles. The van der Waals surface area contributed by atoms with Gasteiger partial charge in [0.25, 0.3) is 15.9 Å². The van der Waals surface area contributed by atoms with Crippen molar-refractivity contribution in [2.24, 2.45) is 0 Å². The molecule has 1 amide bonds. The Hall–Kier alpha value is -2.42. The largest absolute Gasteiger partial charge is 0.337 e. The monoisotopic (exact) mass is 362 g/mol. The zero-order valence-corrected chi connectivity index (χ0v) is 14.4. The van der Waals surface area contributed by atoms with Gasteiger partial charge in [-0.1, -0.05) is 6.07 Å².